The molecule has 1 rings (SSSR count). The highest BCUT2D eigenvalue weighted by atomic mass is 16.3. The van der Waals surface area contributed by atoms with Gasteiger partial charge in [-0.3, -0.25) is 4.90 Å². The van der Waals surface area contributed by atoms with Gasteiger partial charge in [0.2, 0.25) is 0 Å². The van der Waals surface area contributed by atoms with Crippen LogP contribution in [0, 0.1) is 0 Å². The molecule has 0 aromatic heterocycles. The molecule has 72 valence electrons. The van der Waals surface area contributed by atoms with Crippen molar-refractivity contribution in [2.45, 2.75) is 25.0 Å². The van der Waals surface area contributed by atoms with E-state index in [4.69, 9.17) is 10.2 Å². The molecule has 0 spiro atoms. The van der Waals surface area contributed by atoms with E-state index >= 15 is 0 Å². The molecule has 1 aliphatic rings. The second kappa shape index (κ2) is 4.77. The van der Waals surface area contributed by atoms with E-state index in [1.54, 1.807) is 0 Å². The van der Waals surface area contributed by atoms with Gasteiger partial charge < -0.3 is 15.3 Å². The molecule has 1 saturated heterocycles. The van der Waals surface area contributed by atoms with Crippen LogP contribution in [0.3, 0.4) is 0 Å². The molecule has 1 heterocycles. The summed E-state index contributed by atoms with van der Waals surface area (Å²) in [5.74, 6) is 0. The maximum absolute atomic E-state index is 9.28. The van der Waals surface area contributed by atoms with E-state index in [2.05, 4.69) is 0 Å². The Kier molecular flexibility index (Phi) is 3.94. The highest BCUT2D eigenvalue weighted by Gasteiger charge is 2.19. The van der Waals surface area contributed by atoms with E-state index in [0.717, 1.165) is 19.4 Å². The van der Waals surface area contributed by atoms with Crippen molar-refractivity contribution in [3.05, 3.63) is 0 Å². The number of hydrogen-bond acceptors (Lipinski definition) is 4. The molecule has 4 heteroatoms. The van der Waals surface area contributed by atoms with Crippen LogP contribution in [0.5, 0.6) is 0 Å². The number of nitrogens with zero attached hydrogens (tertiary/aromatic N) is 1. The summed E-state index contributed by atoms with van der Waals surface area (Å²) in [5, 5.41) is 27.0. The third-order valence-corrected chi connectivity index (χ3v) is 2.16. The van der Waals surface area contributed by atoms with Gasteiger partial charge in [0.15, 0.2) is 0 Å². The van der Waals surface area contributed by atoms with Crippen LogP contribution in [0.25, 0.3) is 0 Å². The van der Waals surface area contributed by atoms with Gasteiger partial charge in [-0.15, -0.1) is 0 Å². The molecular formula is C8H17NO3. The Morgan fingerprint density at radius 3 is 2.83 bits per heavy atom. The summed E-state index contributed by atoms with van der Waals surface area (Å²) < 4.78 is 0. The molecular weight excluding hydrogens is 158 g/mol. The van der Waals surface area contributed by atoms with Crippen molar-refractivity contribution in [2.24, 2.45) is 0 Å². The lowest BCUT2D eigenvalue weighted by atomic mass is 10.1. The fraction of sp³-hybridized carbons (Fsp3) is 1.00. The molecule has 1 fully saturated rings. The first-order chi connectivity index (χ1) is 5.72. The maximum Gasteiger partial charge on any atom is 0.0897 e. The minimum absolute atomic E-state index is 0.202. The number of β-amino-alcohol motifs (C(OH)–C–C–N with tert-alkyl or cyclic N) is 2. The normalized spacial score (nSPS) is 28.8. The Bertz CT molecular complexity index is 131. The average Bonchev–Trinajstić information content (AvgIpc) is 2.04. The maximum atomic E-state index is 9.28. The van der Waals surface area contributed by atoms with Crippen LogP contribution in [-0.2, 0) is 0 Å². The zero-order valence-electron chi connectivity index (χ0n) is 7.19. The van der Waals surface area contributed by atoms with Crippen molar-refractivity contribution < 1.29 is 15.3 Å². The topological polar surface area (TPSA) is 63.9 Å². The molecule has 12 heavy (non-hydrogen) atoms. The number of piperidine rings is 1. The zero-order valence-corrected chi connectivity index (χ0v) is 7.19. The second-order valence-electron chi connectivity index (χ2n) is 3.39. The Hall–Kier alpha value is -0.160. The molecule has 0 aromatic carbocycles. The molecule has 0 bridgehead atoms. The average molecular weight is 175 g/mol. The molecule has 0 aliphatic carbocycles. The molecule has 1 unspecified atom stereocenters. The van der Waals surface area contributed by atoms with Gasteiger partial charge in [0.25, 0.3) is 0 Å². The van der Waals surface area contributed by atoms with E-state index in [0.29, 0.717) is 13.1 Å². The predicted molar refractivity (Wildman–Crippen MR) is 44.8 cm³/mol. The first kappa shape index (κ1) is 9.92. The van der Waals surface area contributed by atoms with Crippen molar-refractivity contribution in [3.8, 4) is 0 Å². The molecule has 0 saturated carbocycles. The molecule has 0 radical (unpaired) electrons. The first-order valence-electron chi connectivity index (χ1n) is 4.41. The van der Waals surface area contributed by atoms with E-state index in [1.807, 2.05) is 4.90 Å². The van der Waals surface area contributed by atoms with Gasteiger partial charge in [0.1, 0.15) is 0 Å². The van der Waals surface area contributed by atoms with Gasteiger partial charge in [-0.1, -0.05) is 0 Å². The van der Waals surface area contributed by atoms with Crippen LogP contribution in [0.4, 0.5) is 0 Å². The van der Waals surface area contributed by atoms with Crippen molar-refractivity contribution in [2.75, 3.05) is 26.2 Å². The number of likely N-dealkylation sites (tertiary alicyclic amines) is 1. The molecule has 3 N–H and O–H groups in total. The van der Waals surface area contributed by atoms with Crippen LogP contribution in [0.1, 0.15) is 12.8 Å². The lowest BCUT2D eigenvalue weighted by molar-refractivity contribution is 0.0200. The Morgan fingerprint density at radius 2 is 2.25 bits per heavy atom. The van der Waals surface area contributed by atoms with Crippen LogP contribution < -0.4 is 0 Å². The lowest BCUT2D eigenvalue weighted by Crippen LogP contribution is -2.43. The van der Waals surface area contributed by atoms with Crippen molar-refractivity contribution in [1.29, 1.82) is 0 Å². The van der Waals surface area contributed by atoms with Crippen LogP contribution in [0.15, 0.2) is 0 Å². The zero-order chi connectivity index (χ0) is 8.97. The summed E-state index contributed by atoms with van der Waals surface area (Å²) in [6, 6.07) is 0. The first-order valence-corrected chi connectivity index (χ1v) is 4.41. The third kappa shape index (κ3) is 3.06. The van der Waals surface area contributed by atoms with Crippen molar-refractivity contribution in [3.63, 3.8) is 0 Å². The number of hydrogen-bond donors (Lipinski definition) is 3. The van der Waals surface area contributed by atoms with Gasteiger partial charge in [-0.05, 0) is 19.4 Å². The summed E-state index contributed by atoms with van der Waals surface area (Å²) >= 11 is 0. The summed E-state index contributed by atoms with van der Waals surface area (Å²) in [5.41, 5.74) is 0. The fourth-order valence-corrected chi connectivity index (χ4v) is 1.55. The van der Waals surface area contributed by atoms with Crippen molar-refractivity contribution in [1.82, 2.24) is 4.90 Å². The van der Waals surface area contributed by atoms with Gasteiger partial charge in [-0.25, -0.2) is 0 Å². The molecule has 1 aliphatic heterocycles. The Morgan fingerprint density at radius 1 is 1.50 bits per heavy atom. The van der Waals surface area contributed by atoms with E-state index < -0.39 is 6.10 Å². The molecule has 0 aromatic rings. The second-order valence-corrected chi connectivity index (χ2v) is 3.39. The van der Waals surface area contributed by atoms with E-state index in [9.17, 15) is 5.11 Å². The van der Waals surface area contributed by atoms with Gasteiger partial charge >= 0.3 is 0 Å². The predicted octanol–water partition coefficient (Wildman–Crippen LogP) is -1.20. The SMILES string of the molecule is OCC(O)CN1CCC[C@H](O)C1. The van der Waals surface area contributed by atoms with Crippen LogP contribution in [0.2, 0.25) is 0 Å². The summed E-state index contributed by atoms with van der Waals surface area (Å²) in [6.45, 7) is 1.80. The number of rotatable bonds is 3. The number of aliphatic hydroxyl groups excluding tert-OH is 3. The largest absolute Gasteiger partial charge is 0.394 e. The fourth-order valence-electron chi connectivity index (χ4n) is 1.55. The van der Waals surface area contributed by atoms with Gasteiger partial charge in [-0.2, -0.15) is 0 Å². The number of aliphatic hydroxyl groups is 3. The monoisotopic (exact) mass is 175 g/mol. The molecule has 2 atom stereocenters. The Labute approximate surface area is 72.4 Å². The van der Waals surface area contributed by atoms with Crippen LogP contribution >= 0.6 is 0 Å². The smallest absolute Gasteiger partial charge is 0.0897 e. The quantitative estimate of drug-likeness (QED) is 0.504. The highest BCUT2D eigenvalue weighted by molar-refractivity contribution is 4.73. The third-order valence-electron chi connectivity index (χ3n) is 2.16. The lowest BCUT2D eigenvalue weighted by Gasteiger charge is -2.30. The van der Waals surface area contributed by atoms with E-state index in [1.165, 1.54) is 0 Å². The summed E-state index contributed by atoms with van der Waals surface area (Å²) in [4.78, 5) is 1.98. The van der Waals surface area contributed by atoms with Crippen LogP contribution in [-0.4, -0.2) is 58.7 Å². The van der Waals surface area contributed by atoms with E-state index in [-0.39, 0.29) is 12.7 Å². The van der Waals surface area contributed by atoms with Gasteiger partial charge in [0, 0.05) is 13.1 Å². The summed E-state index contributed by atoms with van der Waals surface area (Å²) in [6.07, 6.45) is 0.894. The standard InChI is InChI=1S/C8H17NO3/c10-6-8(12)5-9-3-1-2-7(11)4-9/h7-8,10-12H,1-6H2/t7-,8?/m0/s1. The highest BCUT2D eigenvalue weighted by Crippen LogP contribution is 2.09. The molecule has 0 amide bonds. The Balaban J connectivity index is 2.22. The minimum atomic E-state index is -0.671. The minimum Gasteiger partial charge on any atom is -0.394 e. The van der Waals surface area contributed by atoms with Gasteiger partial charge in [0.05, 0.1) is 18.8 Å². The van der Waals surface area contributed by atoms with Crippen molar-refractivity contribution >= 4 is 0 Å². The molecule has 4 nitrogen and oxygen atoms in total. The summed E-state index contributed by atoms with van der Waals surface area (Å²) in [7, 11) is 0.